The van der Waals surface area contributed by atoms with Crippen LogP contribution in [0.15, 0.2) is 0 Å². The number of hydrogen-bond donors (Lipinski definition) is 0. The number of rotatable bonds is 0. The van der Waals surface area contributed by atoms with Crippen LogP contribution in [0.3, 0.4) is 0 Å². The van der Waals surface area contributed by atoms with Crippen LogP contribution in [0.4, 0.5) is 0 Å². The Balaban J connectivity index is 2.51. The van der Waals surface area contributed by atoms with Crippen LogP contribution in [0.25, 0.3) is 0 Å². The molecule has 0 aromatic carbocycles. The van der Waals surface area contributed by atoms with Gasteiger partial charge in [-0.25, -0.2) is 0 Å². The van der Waals surface area contributed by atoms with Crippen LogP contribution in [-0.2, 0) is 4.79 Å². The van der Waals surface area contributed by atoms with Crippen molar-refractivity contribution in [2.24, 2.45) is 0 Å². The quantitative estimate of drug-likeness (QED) is 0.449. The van der Waals surface area contributed by atoms with Crippen molar-refractivity contribution in [1.29, 1.82) is 0 Å². The summed E-state index contributed by atoms with van der Waals surface area (Å²) in [5.74, 6) is 0.375. The Morgan fingerprint density at radius 2 is 2.38 bits per heavy atom. The maximum Gasteiger partial charge on any atom is 0.148 e. The molecule has 0 aliphatic carbocycles. The summed E-state index contributed by atoms with van der Waals surface area (Å²) in [5.41, 5.74) is 0. The molecule has 1 unspecified atom stereocenters. The number of carbonyl (C=O) groups excluding carboxylic acids is 1. The highest BCUT2D eigenvalue weighted by atomic mass is 16.1. The van der Waals surface area contributed by atoms with E-state index in [-0.39, 0.29) is 0 Å². The van der Waals surface area contributed by atoms with Gasteiger partial charge in [-0.1, -0.05) is 0 Å². The molecular weight excluding hydrogens is 102 g/mol. The molecule has 1 aliphatic heterocycles. The summed E-state index contributed by atoms with van der Waals surface area (Å²) < 4.78 is 0. The smallest absolute Gasteiger partial charge is 0.148 e. The van der Waals surface area contributed by atoms with Crippen molar-refractivity contribution in [3.63, 3.8) is 0 Å². The minimum Gasteiger partial charge on any atom is -0.298 e. The van der Waals surface area contributed by atoms with E-state index in [0.717, 1.165) is 6.42 Å². The first-order valence-electron chi connectivity index (χ1n) is 2.92. The summed E-state index contributed by atoms with van der Waals surface area (Å²) in [4.78, 5) is 12.7. The molecule has 0 N–H and O–H groups in total. The molecule has 1 fully saturated rings. The number of hydrogen-bond acceptors (Lipinski definition) is 2. The molecule has 8 heavy (non-hydrogen) atoms. The lowest BCUT2D eigenvalue weighted by atomic mass is 10.2. The lowest BCUT2D eigenvalue weighted by Gasteiger charge is -2.10. The number of nitrogens with zero attached hydrogens (tertiary/aromatic N) is 1. The highest BCUT2D eigenvalue weighted by Crippen LogP contribution is 2.09. The van der Waals surface area contributed by atoms with Gasteiger partial charge in [0.25, 0.3) is 0 Å². The van der Waals surface area contributed by atoms with Crippen molar-refractivity contribution in [2.45, 2.75) is 19.4 Å². The zero-order valence-corrected chi connectivity index (χ0v) is 5.35. The van der Waals surface area contributed by atoms with E-state index < -0.39 is 0 Å². The first kappa shape index (κ1) is 5.76. The van der Waals surface area contributed by atoms with Gasteiger partial charge in [-0.15, -0.1) is 0 Å². The molecule has 1 aliphatic rings. The Bertz CT molecular complexity index is 99.1. The molecule has 1 rings (SSSR count). The van der Waals surface area contributed by atoms with Crippen molar-refractivity contribution < 1.29 is 4.79 Å². The van der Waals surface area contributed by atoms with Gasteiger partial charge >= 0.3 is 0 Å². The second kappa shape index (κ2) is 1.86. The Labute approximate surface area is 49.5 Å². The topological polar surface area (TPSA) is 20.3 Å². The SMILES string of the molecule is CC1CC(=O)CN1C. The van der Waals surface area contributed by atoms with Crippen LogP contribution in [0.1, 0.15) is 13.3 Å². The van der Waals surface area contributed by atoms with E-state index in [4.69, 9.17) is 0 Å². The molecule has 0 aromatic heterocycles. The van der Waals surface area contributed by atoms with Crippen molar-refractivity contribution in [1.82, 2.24) is 4.90 Å². The summed E-state index contributed by atoms with van der Waals surface area (Å²) in [5, 5.41) is 0. The van der Waals surface area contributed by atoms with E-state index in [2.05, 4.69) is 11.8 Å². The van der Waals surface area contributed by atoms with E-state index in [1.165, 1.54) is 0 Å². The molecule has 0 aromatic rings. The van der Waals surface area contributed by atoms with Gasteiger partial charge in [0, 0.05) is 12.5 Å². The minimum atomic E-state index is 0.375. The van der Waals surface area contributed by atoms with Gasteiger partial charge in [0.1, 0.15) is 5.78 Å². The first-order chi connectivity index (χ1) is 3.70. The Morgan fingerprint density at radius 1 is 1.75 bits per heavy atom. The van der Waals surface area contributed by atoms with Gasteiger partial charge in [-0.3, -0.25) is 9.69 Å². The zero-order valence-electron chi connectivity index (χ0n) is 5.35. The fourth-order valence-electron chi connectivity index (χ4n) is 0.984. The summed E-state index contributed by atoms with van der Waals surface area (Å²) in [7, 11) is 1.98. The van der Waals surface area contributed by atoms with Crippen LogP contribution >= 0.6 is 0 Å². The van der Waals surface area contributed by atoms with Crippen LogP contribution in [0.5, 0.6) is 0 Å². The molecule has 1 heterocycles. The third kappa shape index (κ3) is 0.892. The standard InChI is InChI=1S/C6H11NO/c1-5-3-6(8)4-7(5)2/h5H,3-4H2,1-2H3. The van der Waals surface area contributed by atoms with Gasteiger partial charge in [-0.05, 0) is 14.0 Å². The van der Waals surface area contributed by atoms with Crippen molar-refractivity contribution in [3.8, 4) is 0 Å². The Morgan fingerprint density at radius 3 is 2.50 bits per heavy atom. The van der Waals surface area contributed by atoms with E-state index >= 15 is 0 Å². The molecule has 0 amide bonds. The van der Waals surface area contributed by atoms with Gasteiger partial charge < -0.3 is 0 Å². The molecule has 2 nitrogen and oxygen atoms in total. The van der Waals surface area contributed by atoms with Crippen LogP contribution in [0, 0.1) is 0 Å². The molecule has 1 saturated heterocycles. The van der Waals surface area contributed by atoms with Crippen molar-refractivity contribution in [3.05, 3.63) is 0 Å². The Kier molecular flexibility index (Phi) is 1.34. The zero-order chi connectivity index (χ0) is 6.15. The molecule has 0 bridgehead atoms. The highest BCUT2D eigenvalue weighted by molar-refractivity contribution is 5.83. The lowest BCUT2D eigenvalue weighted by molar-refractivity contribution is -0.116. The van der Waals surface area contributed by atoms with Crippen molar-refractivity contribution in [2.75, 3.05) is 13.6 Å². The highest BCUT2D eigenvalue weighted by Gasteiger charge is 2.22. The predicted molar refractivity (Wildman–Crippen MR) is 31.7 cm³/mol. The molecule has 0 saturated carbocycles. The predicted octanol–water partition coefficient (Wildman–Crippen LogP) is 0.280. The second-order valence-corrected chi connectivity index (χ2v) is 2.51. The fourth-order valence-corrected chi connectivity index (χ4v) is 0.984. The van der Waals surface area contributed by atoms with Crippen LogP contribution < -0.4 is 0 Å². The number of Topliss-reactive ketones (excluding diaryl/α,β-unsaturated/α-hetero) is 1. The van der Waals surface area contributed by atoms with E-state index in [1.807, 2.05) is 7.05 Å². The summed E-state index contributed by atoms with van der Waals surface area (Å²) in [6.45, 7) is 2.73. The van der Waals surface area contributed by atoms with Crippen molar-refractivity contribution >= 4 is 5.78 Å². The van der Waals surface area contributed by atoms with E-state index in [9.17, 15) is 4.79 Å². The average Bonchev–Trinajstić information content (AvgIpc) is 1.85. The first-order valence-corrected chi connectivity index (χ1v) is 2.92. The summed E-state index contributed by atoms with van der Waals surface area (Å²) >= 11 is 0. The number of likely N-dealkylation sites (tertiary alicyclic amines) is 1. The normalized spacial score (nSPS) is 31.8. The minimum absolute atomic E-state index is 0.375. The molecule has 2 heteroatoms. The fraction of sp³-hybridized carbons (Fsp3) is 0.833. The Hall–Kier alpha value is -0.370. The van der Waals surface area contributed by atoms with E-state index in [0.29, 0.717) is 18.4 Å². The maximum atomic E-state index is 10.6. The summed E-state index contributed by atoms with van der Waals surface area (Å²) in [6.07, 6.45) is 0.747. The third-order valence-electron chi connectivity index (χ3n) is 1.70. The lowest BCUT2D eigenvalue weighted by Crippen LogP contribution is -2.21. The molecule has 0 radical (unpaired) electrons. The molecule has 46 valence electrons. The molecule has 1 atom stereocenters. The largest absolute Gasteiger partial charge is 0.298 e. The maximum absolute atomic E-state index is 10.6. The van der Waals surface area contributed by atoms with Gasteiger partial charge in [0.15, 0.2) is 0 Å². The molecular formula is C6H11NO. The van der Waals surface area contributed by atoms with Crippen LogP contribution in [-0.4, -0.2) is 30.3 Å². The van der Waals surface area contributed by atoms with Gasteiger partial charge in [0.05, 0.1) is 6.54 Å². The van der Waals surface area contributed by atoms with E-state index in [1.54, 1.807) is 0 Å². The number of ketones is 1. The van der Waals surface area contributed by atoms with Crippen LogP contribution in [0.2, 0.25) is 0 Å². The molecule has 0 spiro atoms. The number of carbonyl (C=O) groups is 1. The summed E-state index contributed by atoms with van der Waals surface area (Å²) in [6, 6.07) is 0.475. The number of likely N-dealkylation sites (N-methyl/N-ethyl adjacent to an activating group) is 1. The monoisotopic (exact) mass is 113 g/mol. The van der Waals surface area contributed by atoms with Gasteiger partial charge in [-0.2, -0.15) is 0 Å². The second-order valence-electron chi connectivity index (χ2n) is 2.51. The third-order valence-corrected chi connectivity index (χ3v) is 1.70. The van der Waals surface area contributed by atoms with Gasteiger partial charge in [0.2, 0.25) is 0 Å². The average molecular weight is 113 g/mol.